The fourth-order valence-electron chi connectivity index (χ4n) is 4.44. The number of fused-ring (bicyclic) bond motifs is 1. The van der Waals surface area contributed by atoms with E-state index in [2.05, 4.69) is 15.5 Å². The van der Waals surface area contributed by atoms with Gasteiger partial charge in [0.05, 0.1) is 17.3 Å². The van der Waals surface area contributed by atoms with Crippen LogP contribution in [0.5, 0.6) is 0 Å². The van der Waals surface area contributed by atoms with Crippen molar-refractivity contribution in [3.8, 4) is 0 Å². The van der Waals surface area contributed by atoms with Crippen molar-refractivity contribution >= 4 is 23.4 Å². The molecule has 178 valence electrons. The van der Waals surface area contributed by atoms with Gasteiger partial charge < -0.3 is 15.0 Å². The highest BCUT2D eigenvalue weighted by molar-refractivity contribution is 6.06. The van der Waals surface area contributed by atoms with Crippen molar-refractivity contribution in [2.45, 2.75) is 38.4 Å². The third kappa shape index (κ3) is 4.53. The summed E-state index contributed by atoms with van der Waals surface area (Å²) in [6.45, 7) is 0.836. The molecule has 2 saturated heterocycles. The van der Waals surface area contributed by atoms with E-state index < -0.39 is 36.1 Å². The van der Waals surface area contributed by atoms with E-state index in [1.807, 2.05) is 0 Å². The standard InChI is InChI=1S/C25H27FN4O4/c26-20-12-16(14-29-8-10-34-11-9-29)4-5-17(20)13-27-21-3-1-2-18-19(21)15-30(25(18)33)22-6-7-23(31)28-24(22)32/h1-5,12,22,27H,6-11,13-15H2,(H,28,31,32)/t22-/m0/s1/i13D2,22D. The second-order valence-corrected chi connectivity index (χ2v) is 8.50. The first kappa shape index (κ1) is 19.1. The summed E-state index contributed by atoms with van der Waals surface area (Å²) in [6, 6.07) is 7.15. The van der Waals surface area contributed by atoms with Crippen LogP contribution in [0.1, 0.15) is 44.0 Å². The number of amides is 3. The monoisotopic (exact) mass is 469 g/mol. The maximum absolute atomic E-state index is 15.1. The Morgan fingerprint density at radius 3 is 2.79 bits per heavy atom. The first-order chi connectivity index (χ1) is 17.6. The van der Waals surface area contributed by atoms with Crippen molar-refractivity contribution in [3.05, 3.63) is 64.5 Å². The third-order valence-corrected chi connectivity index (χ3v) is 6.27. The average molecular weight is 470 g/mol. The molecule has 5 rings (SSSR count). The molecule has 0 aromatic heterocycles. The van der Waals surface area contributed by atoms with Crippen molar-refractivity contribution in [1.82, 2.24) is 15.1 Å². The lowest BCUT2D eigenvalue weighted by molar-refractivity contribution is -0.136. The molecule has 0 radical (unpaired) electrons. The fourth-order valence-corrected chi connectivity index (χ4v) is 4.44. The molecule has 2 aromatic carbocycles. The smallest absolute Gasteiger partial charge is 0.255 e. The number of ether oxygens (including phenoxy) is 1. The van der Waals surface area contributed by atoms with E-state index in [1.54, 1.807) is 18.2 Å². The molecular formula is C25H27FN4O4. The summed E-state index contributed by atoms with van der Waals surface area (Å²) in [5.74, 6) is -2.61. The Balaban J connectivity index is 1.36. The molecule has 0 saturated carbocycles. The minimum Gasteiger partial charge on any atom is -0.381 e. The number of morpholine rings is 1. The average Bonchev–Trinajstić information content (AvgIpc) is 3.20. The maximum Gasteiger partial charge on any atom is 0.255 e. The van der Waals surface area contributed by atoms with Crippen LogP contribution in [0.2, 0.25) is 0 Å². The Kier molecular flexibility index (Phi) is 5.33. The number of anilines is 1. The minimum absolute atomic E-state index is 0.0656. The van der Waals surface area contributed by atoms with Gasteiger partial charge in [-0.05, 0) is 30.2 Å². The Hall–Kier alpha value is -3.30. The van der Waals surface area contributed by atoms with Gasteiger partial charge in [-0.2, -0.15) is 0 Å². The highest BCUT2D eigenvalue weighted by atomic mass is 19.1. The number of hydrogen-bond acceptors (Lipinski definition) is 6. The molecule has 2 aromatic rings. The molecule has 34 heavy (non-hydrogen) atoms. The van der Waals surface area contributed by atoms with Crippen molar-refractivity contribution in [2.24, 2.45) is 0 Å². The van der Waals surface area contributed by atoms with Gasteiger partial charge in [0.15, 0.2) is 0 Å². The van der Waals surface area contributed by atoms with Gasteiger partial charge >= 0.3 is 0 Å². The third-order valence-electron chi connectivity index (χ3n) is 6.27. The Bertz CT molecular complexity index is 1270. The van der Waals surface area contributed by atoms with E-state index in [-0.39, 0.29) is 36.2 Å². The SMILES string of the molecule is [2H]C([2H])(Nc1cccc2c1CN([C@@]1([2H])CCC(=O)NC1=O)C2=O)c1ccc(CN2CCOCC2)cc1F. The molecular weight excluding hydrogens is 439 g/mol. The van der Waals surface area contributed by atoms with Crippen LogP contribution in [0.15, 0.2) is 36.4 Å². The van der Waals surface area contributed by atoms with E-state index in [0.29, 0.717) is 25.3 Å². The molecule has 3 heterocycles. The first-order valence-corrected chi connectivity index (χ1v) is 11.2. The summed E-state index contributed by atoms with van der Waals surface area (Å²) < 4.78 is 46.2. The predicted molar refractivity (Wildman–Crippen MR) is 122 cm³/mol. The molecule has 0 aliphatic carbocycles. The lowest BCUT2D eigenvalue weighted by Gasteiger charge is -2.29. The van der Waals surface area contributed by atoms with Gasteiger partial charge in [-0.1, -0.05) is 18.2 Å². The fraction of sp³-hybridized carbons (Fsp3) is 0.400. The molecule has 2 fully saturated rings. The van der Waals surface area contributed by atoms with E-state index >= 15 is 4.39 Å². The molecule has 9 heteroatoms. The summed E-state index contributed by atoms with van der Waals surface area (Å²) in [6.07, 6.45) is -0.202. The summed E-state index contributed by atoms with van der Waals surface area (Å²) >= 11 is 0. The van der Waals surface area contributed by atoms with Crippen LogP contribution < -0.4 is 10.6 Å². The van der Waals surface area contributed by atoms with Crippen molar-refractivity contribution in [2.75, 3.05) is 31.6 Å². The highest BCUT2D eigenvalue weighted by Gasteiger charge is 2.39. The van der Waals surface area contributed by atoms with Gasteiger partial charge in [-0.15, -0.1) is 0 Å². The molecule has 3 amide bonds. The number of rotatable bonds is 6. The largest absolute Gasteiger partial charge is 0.381 e. The zero-order chi connectivity index (χ0) is 26.4. The Labute approximate surface area is 201 Å². The summed E-state index contributed by atoms with van der Waals surface area (Å²) in [4.78, 5) is 40.4. The van der Waals surface area contributed by atoms with Gasteiger partial charge in [-0.3, -0.25) is 24.6 Å². The quantitative estimate of drug-likeness (QED) is 0.630. The summed E-state index contributed by atoms with van der Waals surface area (Å²) in [5.41, 5.74) is 1.42. The molecule has 0 unspecified atom stereocenters. The van der Waals surface area contributed by atoms with Gasteiger partial charge in [0.2, 0.25) is 11.8 Å². The van der Waals surface area contributed by atoms with Crippen molar-refractivity contribution < 1.29 is 27.6 Å². The first-order valence-electron chi connectivity index (χ1n) is 12.7. The highest BCUT2D eigenvalue weighted by Crippen LogP contribution is 2.32. The van der Waals surface area contributed by atoms with Crippen LogP contribution in [-0.4, -0.2) is 59.8 Å². The number of carbonyl (C=O) groups excluding carboxylic acids is 3. The number of nitrogens with one attached hydrogen (secondary N) is 2. The van der Waals surface area contributed by atoms with Gasteiger partial charge in [0.1, 0.15) is 11.8 Å². The Morgan fingerprint density at radius 1 is 1.21 bits per heavy atom. The number of halogens is 1. The number of nitrogens with zero attached hydrogens (tertiary/aromatic N) is 2. The second kappa shape index (κ2) is 9.52. The van der Waals surface area contributed by atoms with E-state index in [1.165, 1.54) is 18.2 Å². The predicted octanol–water partition coefficient (Wildman–Crippen LogP) is 2.03. The molecule has 8 nitrogen and oxygen atoms in total. The van der Waals surface area contributed by atoms with Crippen LogP contribution >= 0.6 is 0 Å². The number of carbonyl (C=O) groups is 3. The van der Waals surface area contributed by atoms with E-state index in [0.717, 1.165) is 23.6 Å². The minimum atomic E-state index is -2.32. The molecule has 0 bridgehead atoms. The topological polar surface area (TPSA) is 91.0 Å². The number of piperidine rings is 1. The van der Waals surface area contributed by atoms with Crippen molar-refractivity contribution in [1.29, 1.82) is 0 Å². The van der Waals surface area contributed by atoms with Crippen LogP contribution in [0, 0.1) is 5.82 Å². The molecule has 3 aliphatic rings. The zero-order valence-electron chi connectivity index (χ0n) is 21.5. The molecule has 3 aliphatic heterocycles. The van der Waals surface area contributed by atoms with Crippen LogP contribution in [-0.2, 0) is 33.9 Å². The number of benzene rings is 2. The maximum atomic E-state index is 15.1. The second-order valence-electron chi connectivity index (χ2n) is 8.50. The number of hydrogen-bond donors (Lipinski definition) is 2. The Morgan fingerprint density at radius 2 is 2.03 bits per heavy atom. The lowest BCUT2D eigenvalue weighted by atomic mass is 10.0. The van der Waals surface area contributed by atoms with E-state index in [4.69, 9.17) is 8.85 Å². The van der Waals surface area contributed by atoms with Crippen LogP contribution in [0.25, 0.3) is 0 Å². The number of imide groups is 1. The molecule has 0 spiro atoms. The normalized spacial score (nSPS) is 24.8. The molecule has 1 atom stereocenters. The lowest BCUT2D eigenvalue weighted by Crippen LogP contribution is -2.52. The van der Waals surface area contributed by atoms with Crippen molar-refractivity contribution in [3.63, 3.8) is 0 Å². The van der Waals surface area contributed by atoms with Gasteiger partial charge in [0, 0.05) is 61.5 Å². The molecule has 2 N–H and O–H groups in total. The van der Waals surface area contributed by atoms with Gasteiger partial charge in [-0.25, -0.2) is 4.39 Å². The van der Waals surface area contributed by atoms with Crippen LogP contribution in [0.4, 0.5) is 10.1 Å². The summed E-state index contributed by atoms with van der Waals surface area (Å²) in [7, 11) is 0. The van der Waals surface area contributed by atoms with Gasteiger partial charge in [0.25, 0.3) is 5.91 Å². The van der Waals surface area contributed by atoms with E-state index in [9.17, 15) is 14.4 Å². The zero-order valence-corrected chi connectivity index (χ0v) is 18.5. The summed E-state index contributed by atoms with van der Waals surface area (Å²) in [5, 5.41) is 4.84. The van der Waals surface area contributed by atoms with Crippen LogP contribution in [0.3, 0.4) is 0 Å².